The lowest BCUT2D eigenvalue weighted by Gasteiger charge is -2.13. The Morgan fingerprint density at radius 2 is 2.09 bits per heavy atom. The van der Waals surface area contributed by atoms with E-state index in [1.165, 1.54) is 12.1 Å². The Morgan fingerprint density at radius 3 is 2.55 bits per heavy atom. The van der Waals surface area contributed by atoms with Crippen molar-refractivity contribution in [1.82, 2.24) is 5.32 Å². The zero-order valence-electron chi connectivity index (χ0n) is 13.0. The van der Waals surface area contributed by atoms with Gasteiger partial charge in [0, 0.05) is 26.2 Å². The molecule has 0 radical (unpaired) electrons. The summed E-state index contributed by atoms with van der Waals surface area (Å²) >= 11 is 0. The van der Waals surface area contributed by atoms with E-state index in [9.17, 15) is 14.9 Å². The quantitative estimate of drug-likeness (QED) is 0.388. The van der Waals surface area contributed by atoms with Gasteiger partial charge in [-0.25, -0.2) is 0 Å². The van der Waals surface area contributed by atoms with Crippen LogP contribution in [0.4, 0.5) is 11.4 Å². The summed E-state index contributed by atoms with van der Waals surface area (Å²) in [4.78, 5) is 24.1. The first-order valence-corrected chi connectivity index (χ1v) is 6.64. The molecular formula is C15H18N4O3. The Kier molecular flexibility index (Phi) is 5.64. The molecule has 0 fully saturated rings. The molecule has 116 valence electrons. The van der Waals surface area contributed by atoms with Gasteiger partial charge in [0.05, 0.1) is 4.92 Å². The van der Waals surface area contributed by atoms with Gasteiger partial charge in [-0.1, -0.05) is 6.07 Å². The summed E-state index contributed by atoms with van der Waals surface area (Å²) in [6.45, 7) is 3.56. The van der Waals surface area contributed by atoms with Crippen molar-refractivity contribution in [3.63, 3.8) is 0 Å². The number of hydrogen-bond acceptors (Lipinski definition) is 5. The molecule has 1 rings (SSSR count). The largest absolute Gasteiger partial charge is 0.372 e. The maximum Gasteiger partial charge on any atom is 0.293 e. The van der Waals surface area contributed by atoms with Crippen LogP contribution in [0, 0.1) is 21.4 Å². The van der Waals surface area contributed by atoms with Gasteiger partial charge in [0.15, 0.2) is 0 Å². The third-order valence-corrected chi connectivity index (χ3v) is 2.77. The maximum atomic E-state index is 11.8. The fraction of sp³-hybridized carbons (Fsp3) is 0.333. The Balaban J connectivity index is 3.24. The Bertz CT molecular complexity index is 657. The van der Waals surface area contributed by atoms with Crippen molar-refractivity contribution in [3.05, 3.63) is 39.4 Å². The first-order valence-electron chi connectivity index (χ1n) is 6.64. The first-order chi connectivity index (χ1) is 10.3. The number of nitrogens with one attached hydrogen (secondary N) is 1. The zero-order chi connectivity index (χ0) is 16.9. The molecule has 22 heavy (non-hydrogen) atoms. The second-order valence-electron chi connectivity index (χ2n) is 5.20. The third-order valence-electron chi connectivity index (χ3n) is 2.77. The van der Waals surface area contributed by atoms with Gasteiger partial charge in [0.2, 0.25) is 0 Å². The van der Waals surface area contributed by atoms with Crippen molar-refractivity contribution < 1.29 is 9.72 Å². The summed E-state index contributed by atoms with van der Waals surface area (Å²) in [6.07, 6.45) is 1.34. The van der Waals surface area contributed by atoms with Crippen LogP contribution in [0.2, 0.25) is 0 Å². The predicted molar refractivity (Wildman–Crippen MR) is 84.3 cm³/mol. The van der Waals surface area contributed by atoms with Gasteiger partial charge >= 0.3 is 0 Å². The van der Waals surface area contributed by atoms with Crippen LogP contribution in [0.3, 0.4) is 0 Å². The van der Waals surface area contributed by atoms with E-state index in [1.54, 1.807) is 45.0 Å². The fourth-order valence-electron chi connectivity index (χ4n) is 1.81. The predicted octanol–water partition coefficient (Wildman–Crippen LogP) is 2.09. The summed E-state index contributed by atoms with van der Waals surface area (Å²) in [7, 11) is 3.41. The Hall–Kier alpha value is -2.88. The van der Waals surface area contributed by atoms with E-state index in [4.69, 9.17) is 5.26 Å². The van der Waals surface area contributed by atoms with Gasteiger partial charge in [0.25, 0.3) is 11.6 Å². The first kappa shape index (κ1) is 17.2. The zero-order valence-corrected chi connectivity index (χ0v) is 13.0. The standard InChI is InChI=1S/C15H18N4O3/c1-10(2)17-15(20)12(9-16)7-11-5-6-13(18(3)4)14(8-11)19(21)22/h5-8,10H,1-4H3,(H,17,20)/b12-7+. The molecule has 0 saturated heterocycles. The summed E-state index contributed by atoms with van der Waals surface area (Å²) in [5.74, 6) is -0.503. The second kappa shape index (κ2) is 7.22. The molecule has 0 spiro atoms. The number of nitro groups is 1. The molecule has 7 nitrogen and oxygen atoms in total. The van der Waals surface area contributed by atoms with Gasteiger partial charge in [-0.15, -0.1) is 0 Å². The molecule has 1 N–H and O–H groups in total. The molecule has 0 aliphatic carbocycles. The number of carbonyl (C=O) groups excluding carboxylic acids is 1. The van der Waals surface area contributed by atoms with E-state index in [-0.39, 0.29) is 17.3 Å². The highest BCUT2D eigenvalue weighted by Gasteiger charge is 2.17. The van der Waals surface area contributed by atoms with E-state index in [2.05, 4.69) is 5.32 Å². The highest BCUT2D eigenvalue weighted by atomic mass is 16.6. The van der Waals surface area contributed by atoms with E-state index in [0.717, 1.165) is 0 Å². The summed E-state index contributed by atoms with van der Waals surface area (Å²) < 4.78 is 0. The Labute approximate surface area is 129 Å². The lowest BCUT2D eigenvalue weighted by atomic mass is 10.1. The number of anilines is 1. The van der Waals surface area contributed by atoms with Crippen molar-refractivity contribution in [3.8, 4) is 6.07 Å². The highest BCUT2D eigenvalue weighted by Crippen LogP contribution is 2.28. The molecule has 0 heterocycles. The van der Waals surface area contributed by atoms with Crippen LogP contribution >= 0.6 is 0 Å². The lowest BCUT2D eigenvalue weighted by Crippen LogP contribution is -2.30. The van der Waals surface area contributed by atoms with E-state index in [1.807, 2.05) is 6.07 Å². The maximum absolute atomic E-state index is 11.8. The van der Waals surface area contributed by atoms with Crippen molar-refractivity contribution in [2.45, 2.75) is 19.9 Å². The number of nitrogens with zero attached hydrogens (tertiary/aromatic N) is 3. The van der Waals surface area contributed by atoms with E-state index in [0.29, 0.717) is 11.3 Å². The second-order valence-corrected chi connectivity index (χ2v) is 5.20. The summed E-state index contributed by atoms with van der Waals surface area (Å²) in [5, 5.41) is 22.8. The molecule has 0 saturated carbocycles. The summed E-state index contributed by atoms with van der Waals surface area (Å²) in [5.41, 5.74) is 0.695. The number of nitriles is 1. The van der Waals surface area contributed by atoms with Crippen LogP contribution in [-0.2, 0) is 4.79 Å². The fourth-order valence-corrected chi connectivity index (χ4v) is 1.81. The molecule has 1 aromatic carbocycles. The number of nitro benzene ring substituents is 1. The van der Waals surface area contributed by atoms with Crippen LogP contribution in [0.1, 0.15) is 19.4 Å². The molecule has 0 unspecified atom stereocenters. The lowest BCUT2D eigenvalue weighted by molar-refractivity contribution is -0.384. The number of carbonyl (C=O) groups is 1. The highest BCUT2D eigenvalue weighted by molar-refractivity contribution is 6.01. The van der Waals surface area contributed by atoms with Gasteiger partial charge in [-0.2, -0.15) is 5.26 Å². The minimum atomic E-state index is -0.503. The van der Waals surface area contributed by atoms with Gasteiger partial charge in [0.1, 0.15) is 17.3 Å². The van der Waals surface area contributed by atoms with Crippen molar-refractivity contribution in [1.29, 1.82) is 5.26 Å². The van der Waals surface area contributed by atoms with Crippen LogP contribution < -0.4 is 10.2 Å². The van der Waals surface area contributed by atoms with Crippen molar-refractivity contribution in [2.75, 3.05) is 19.0 Å². The number of rotatable bonds is 5. The number of amides is 1. The molecule has 0 aliphatic heterocycles. The molecule has 1 amide bonds. The molecule has 1 aromatic rings. The minimum Gasteiger partial charge on any atom is -0.372 e. The van der Waals surface area contributed by atoms with Crippen LogP contribution in [-0.4, -0.2) is 31.0 Å². The molecule has 7 heteroatoms. The number of benzene rings is 1. The third kappa shape index (κ3) is 4.31. The van der Waals surface area contributed by atoms with Crippen LogP contribution in [0.5, 0.6) is 0 Å². The number of hydrogen-bond donors (Lipinski definition) is 1. The molecule has 0 bridgehead atoms. The topological polar surface area (TPSA) is 99.3 Å². The average molecular weight is 302 g/mol. The monoisotopic (exact) mass is 302 g/mol. The molecule has 0 aromatic heterocycles. The van der Waals surface area contributed by atoms with Gasteiger partial charge in [-0.05, 0) is 31.6 Å². The average Bonchev–Trinajstić information content (AvgIpc) is 2.43. The summed E-state index contributed by atoms with van der Waals surface area (Å²) in [6, 6.07) is 6.26. The van der Waals surface area contributed by atoms with Crippen molar-refractivity contribution >= 4 is 23.4 Å². The molecule has 0 atom stereocenters. The smallest absolute Gasteiger partial charge is 0.293 e. The van der Waals surface area contributed by atoms with Crippen LogP contribution in [0.15, 0.2) is 23.8 Å². The Morgan fingerprint density at radius 1 is 1.45 bits per heavy atom. The normalized spacial score (nSPS) is 11.0. The van der Waals surface area contributed by atoms with E-state index >= 15 is 0 Å². The van der Waals surface area contributed by atoms with Gasteiger partial charge < -0.3 is 10.2 Å². The molecule has 0 aliphatic rings. The van der Waals surface area contributed by atoms with Crippen molar-refractivity contribution in [2.24, 2.45) is 0 Å². The molecular weight excluding hydrogens is 284 g/mol. The van der Waals surface area contributed by atoms with Crippen LogP contribution in [0.25, 0.3) is 6.08 Å². The van der Waals surface area contributed by atoms with E-state index < -0.39 is 10.8 Å². The SMILES string of the molecule is CC(C)NC(=O)/C(C#N)=C/c1ccc(N(C)C)c([N+](=O)[O-])c1. The minimum absolute atomic E-state index is 0.0830. The van der Waals surface area contributed by atoms with Gasteiger partial charge in [-0.3, -0.25) is 14.9 Å².